The molecule has 30 heavy (non-hydrogen) atoms. The van der Waals surface area contributed by atoms with Gasteiger partial charge in [0.1, 0.15) is 6.33 Å². The molecular formula is C14H22N8O7S. The first-order valence-corrected chi connectivity index (χ1v) is 10.7. The van der Waals surface area contributed by atoms with Crippen molar-refractivity contribution in [2.24, 2.45) is 11.7 Å². The maximum Gasteiger partial charge on any atom is 0.418 e. The number of hydroxylamine groups is 2. The lowest BCUT2D eigenvalue weighted by Gasteiger charge is -2.40. The number of amides is 3. The molecule has 15 nitrogen and oxygen atoms in total. The van der Waals surface area contributed by atoms with E-state index in [9.17, 15) is 18.0 Å². The number of hydrogen-bond donors (Lipinski definition) is 3. The van der Waals surface area contributed by atoms with Gasteiger partial charge in [0.2, 0.25) is 5.72 Å². The van der Waals surface area contributed by atoms with Crippen molar-refractivity contribution in [2.75, 3.05) is 19.7 Å². The summed E-state index contributed by atoms with van der Waals surface area (Å²) in [5.41, 5.74) is 3.87. The van der Waals surface area contributed by atoms with Crippen molar-refractivity contribution in [3.8, 4) is 0 Å². The van der Waals surface area contributed by atoms with E-state index < -0.39 is 34.1 Å². The largest absolute Gasteiger partial charge is 0.418 e. The lowest BCUT2D eigenvalue weighted by atomic mass is 9.96. The molecule has 2 bridgehead atoms. The SMILES string of the molecule is NC(=O)C1(OC[C@H]2C[C@@H](Cn3cnnn3)CN2)CCC2CN1C(=O)N2OS(=O)(=O)O. The van der Waals surface area contributed by atoms with Crippen molar-refractivity contribution in [2.45, 2.75) is 43.6 Å². The highest BCUT2D eigenvalue weighted by molar-refractivity contribution is 7.80. The minimum Gasteiger partial charge on any atom is -0.365 e. The minimum atomic E-state index is -4.89. The summed E-state index contributed by atoms with van der Waals surface area (Å²) in [4.78, 5) is 26.0. The number of nitrogens with two attached hydrogens (primary N) is 1. The van der Waals surface area contributed by atoms with Gasteiger partial charge in [-0.25, -0.2) is 9.48 Å². The molecule has 0 aliphatic carbocycles. The van der Waals surface area contributed by atoms with Crippen molar-refractivity contribution >= 4 is 22.3 Å². The van der Waals surface area contributed by atoms with Gasteiger partial charge in [-0.2, -0.15) is 13.5 Å². The molecule has 1 aromatic heterocycles. The van der Waals surface area contributed by atoms with Crippen molar-refractivity contribution in [1.29, 1.82) is 0 Å². The Balaban J connectivity index is 1.40. The molecule has 0 radical (unpaired) electrons. The summed E-state index contributed by atoms with van der Waals surface area (Å²) < 4.78 is 42.9. The summed E-state index contributed by atoms with van der Waals surface area (Å²) in [7, 11) is -4.89. The highest BCUT2D eigenvalue weighted by atomic mass is 32.3. The van der Waals surface area contributed by atoms with Gasteiger partial charge in [0.15, 0.2) is 0 Å². The Kier molecular flexibility index (Phi) is 5.35. The van der Waals surface area contributed by atoms with Gasteiger partial charge in [0.25, 0.3) is 5.91 Å². The molecule has 4 atom stereocenters. The van der Waals surface area contributed by atoms with Crippen LogP contribution in [0.4, 0.5) is 4.79 Å². The van der Waals surface area contributed by atoms with Gasteiger partial charge in [-0.15, -0.1) is 9.38 Å². The first-order valence-electron chi connectivity index (χ1n) is 9.34. The van der Waals surface area contributed by atoms with Gasteiger partial charge in [-0.3, -0.25) is 14.2 Å². The number of aromatic nitrogens is 4. The van der Waals surface area contributed by atoms with Crippen LogP contribution in [-0.4, -0.2) is 92.6 Å². The van der Waals surface area contributed by atoms with Crippen LogP contribution in [0.3, 0.4) is 0 Å². The fourth-order valence-electron chi connectivity index (χ4n) is 4.25. The molecule has 4 rings (SSSR count). The maximum absolute atomic E-state index is 12.6. The zero-order valence-electron chi connectivity index (χ0n) is 15.8. The van der Waals surface area contributed by atoms with E-state index in [4.69, 9.17) is 15.0 Å². The molecule has 0 saturated carbocycles. The second-order valence-corrected chi connectivity index (χ2v) is 8.62. The fourth-order valence-corrected chi connectivity index (χ4v) is 4.64. The normalized spacial score (nSPS) is 31.5. The van der Waals surface area contributed by atoms with E-state index in [1.54, 1.807) is 4.68 Å². The Morgan fingerprint density at radius 3 is 2.93 bits per heavy atom. The standard InChI is InChI=1S/C14H22N8O7S/c15-12(23)14(2-1-11-6-21(14)13(24)22(11)29-30(25,26)27)28-7-10-3-9(4-16-10)5-20-8-17-18-19-20/h8-11,16H,1-7H2,(H2,15,23)(H,25,26,27)/t9-,10-,11?,14?/m1/s1. The van der Waals surface area contributed by atoms with Crippen LogP contribution in [0.1, 0.15) is 19.3 Å². The molecule has 0 spiro atoms. The van der Waals surface area contributed by atoms with Gasteiger partial charge in [0, 0.05) is 32.1 Å². The molecule has 3 aliphatic heterocycles. The van der Waals surface area contributed by atoms with Crippen LogP contribution in [0.15, 0.2) is 6.33 Å². The number of carbonyl (C=O) groups excluding carboxylic acids is 2. The number of urea groups is 1. The van der Waals surface area contributed by atoms with Gasteiger partial charge >= 0.3 is 16.4 Å². The van der Waals surface area contributed by atoms with Gasteiger partial charge in [-0.1, -0.05) is 0 Å². The molecule has 2 unspecified atom stereocenters. The second-order valence-electron chi connectivity index (χ2n) is 7.61. The Labute approximate surface area is 171 Å². The Bertz CT molecular complexity index is 911. The molecule has 16 heteroatoms. The number of nitrogens with one attached hydrogen (secondary N) is 1. The van der Waals surface area contributed by atoms with E-state index in [-0.39, 0.29) is 38.0 Å². The lowest BCUT2D eigenvalue weighted by molar-refractivity contribution is -0.175. The van der Waals surface area contributed by atoms with Crippen LogP contribution in [0, 0.1) is 5.92 Å². The lowest BCUT2D eigenvalue weighted by Crippen LogP contribution is -2.62. The van der Waals surface area contributed by atoms with Crippen LogP contribution in [-0.2, 0) is 30.8 Å². The quantitative estimate of drug-likeness (QED) is 0.357. The summed E-state index contributed by atoms with van der Waals surface area (Å²) in [5.74, 6) is -0.597. The highest BCUT2D eigenvalue weighted by Crippen LogP contribution is 2.38. The number of fused-ring (bicyclic) bond motifs is 2. The van der Waals surface area contributed by atoms with E-state index in [1.165, 1.54) is 6.33 Å². The molecule has 3 fully saturated rings. The van der Waals surface area contributed by atoms with E-state index >= 15 is 0 Å². The predicted octanol–water partition coefficient (Wildman–Crippen LogP) is -2.52. The monoisotopic (exact) mass is 446 g/mol. The van der Waals surface area contributed by atoms with Crippen molar-refractivity contribution in [3.63, 3.8) is 0 Å². The molecule has 4 N–H and O–H groups in total. The van der Waals surface area contributed by atoms with Crippen LogP contribution in [0.2, 0.25) is 0 Å². The number of hydrogen-bond acceptors (Lipinski definition) is 10. The van der Waals surface area contributed by atoms with E-state index in [1.807, 2.05) is 0 Å². The number of nitrogens with zero attached hydrogens (tertiary/aromatic N) is 6. The average Bonchev–Trinajstić information content (AvgIpc) is 3.39. The molecule has 0 aromatic carbocycles. The molecule has 3 amide bonds. The number of primary amides is 1. The third-order valence-electron chi connectivity index (χ3n) is 5.63. The van der Waals surface area contributed by atoms with E-state index in [0.29, 0.717) is 18.2 Å². The number of tetrazole rings is 1. The topological polar surface area (TPSA) is 195 Å². The first kappa shape index (κ1) is 20.9. The summed E-state index contributed by atoms with van der Waals surface area (Å²) in [5, 5.41) is 14.9. The molecule has 4 heterocycles. The fraction of sp³-hybridized carbons (Fsp3) is 0.786. The van der Waals surface area contributed by atoms with Crippen LogP contribution < -0.4 is 11.1 Å². The summed E-state index contributed by atoms with van der Waals surface area (Å²) in [6, 6.07) is -1.64. The Hall–Kier alpha value is -2.40. The molecule has 1 aromatic rings. The Morgan fingerprint density at radius 1 is 1.47 bits per heavy atom. The zero-order chi connectivity index (χ0) is 21.5. The van der Waals surface area contributed by atoms with Gasteiger partial charge in [-0.05, 0) is 29.2 Å². The smallest absolute Gasteiger partial charge is 0.365 e. The Morgan fingerprint density at radius 2 is 2.27 bits per heavy atom. The first-order chi connectivity index (χ1) is 14.2. The average molecular weight is 446 g/mol. The van der Waals surface area contributed by atoms with Crippen LogP contribution in [0.25, 0.3) is 0 Å². The predicted molar refractivity (Wildman–Crippen MR) is 95.2 cm³/mol. The van der Waals surface area contributed by atoms with Crippen molar-refractivity contribution in [3.05, 3.63) is 6.33 Å². The number of carbonyl (C=O) groups is 2. The second kappa shape index (κ2) is 7.69. The summed E-state index contributed by atoms with van der Waals surface area (Å²) >= 11 is 0. The highest BCUT2D eigenvalue weighted by Gasteiger charge is 2.58. The zero-order valence-corrected chi connectivity index (χ0v) is 16.6. The molecule has 3 aliphatic rings. The number of piperidine rings is 1. The third kappa shape index (κ3) is 3.95. The molecule has 3 saturated heterocycles. The maximum atomic E-state index is 12.6. The van der Waals surface area contributed by atoms with Gasteiger partial charge < -0.3 is 15.8 Å². The summed E-state index contributed by atoms with van der Waals surface area (Å²) in [6.45, 7) is 1.43. The molecular weight excluding hydrogens is 424 g/mol. The van der Waals surface area contributed by atoms with Gasteiger partial charge in [0.05, 0.1) is 12.6 Å². The number of rotatable bonds is 8. The molecule has 166 valence electrons. The van der Waals surface area contributed by atoms with E-state index in [2.05, 4.69) is 25.1 Å². The van der Waals surface area contributed by atoms with Crippen LogP contribution >= 0.6 is 0 Å². The minimum absolute atomic E-state index is 0.0166. The van der Waals surface area contributed by atoms with Crippen LogP contribution in [0.5, 0.6) is 0 Å². The van der Waals surface area contributed by atoms with Crippen molar-refractivity contribution in [1.82, 2.24) is 35.5 Å². The van der Waals surface area contributed by atoms with E-state index in [0.717, 1.165) is 11.3 Å². The third-order valence-corrected chi connectivity index (χ3v) is 5.98. The summed E-state index contributed by atoms with van der Waals surface area (Å²) in [6.07, 6.45) is 2.55. The number of ether oxygens (including phenoxy) is 1. The van der Waals surface area contributed by atoms with Crippen molar-refractivity contribution < 1.29 is 31.6 Å².